The Morgan fingerprint density at radius 1 is 1.13 bits per heavy atom. The average molecular weight is 424 g/mol. The van der Waals surface area contributed by atoms with Crippen LogP contribution in [0.1, 0.15) is 58.1 Å². The monoisotopic (exact) mass is 424 g/mol. The van der Waals surface area contributed by atoms with Crippen LogP contribution in [-0.2, 0) is 4.74 Å². The number of halogens is 4. The Balaban J connectivity index is 2.06. The number of amides is 1. The van der Waals surface area contributed by atoms with Crippen molar-refractivity contribution in [1.29, 1.82) is 0 Å². The van der Waals surface area contributed by atoms with Gasteiger partial charge in [-0.25, -0.2) is 22.4 Å². The molecule has 1 aliphatic rings. The molecule has 0 unspecified atom stereocenters. The van der Waals surface area contributed by atoms with Crippen molar-refractivity contribution in [3.05, 3.63) is 47.8 Å². The molecule has 1 saturated carbocycles. The van der Waals surface area contributed by atoms with Crippen molar-refractivity contribution in [3.63, 3.8) is 0 Å². The normalized spacial score (nSPS) is 16.9. The second-order valence-electron chi connectivity index (χ2n) is 8.50. The van der Waals surface area contributed by atoms with E-state index in [-0.39, 0.29) is 48.4 Å². The maximum absolute atomic E-state index is 14.5. The molecule has 1 amide bonds. The van der Waals surface area contributed by atoms with Crippen molar-refractivity contribution >= 4 is 11.8 Å². The fourth-order valence-electron chi connectivity index (χ4n) is 3.57. The summed E-state index contributed by atoms with van der Waals surface area (Å²) < 4.78 is 60.9. The molecule has 1 N–H and O–H groups in total. The number of benzene rings is 1. The van der Waals surface area contributed by atoms with Crippen LogP contribution in [-0.4, -0.2) is 22.6 Å². The highest BCUT2D eigenvalue weighted by atomic mass is 19.3. The van der Waals surface area contributed by atoms with Crippen molar-refractivity contribution in [2.45, 2.75) is 63.9 Å². The van der Waals surface area contributed by atoms with Gasteiger partial charge in [0, 0.05) is 36.1 Å². The number of aromatic nitrogens is 1. The number of hydrogen-bond acceptors (Lipinski definition) is 3. The summed E-state index contributed by atoms with van der Waals surface area (Å²) in [6.07, 6.45) is 0.335. The highest BCUT2D eigenvalue weighted by molar-refractivity contribution is 5.93. The number of carbonyl (C=O) groups is 1. The largest absolute Gasteiger partial charge is 0.444 e. The molecular weight excluding hydrogens is 400 g/mol. The lowest BCUT2D eigenvalue weighted by Gasteiger charge is -2.30. The van der Waals surface area contributed by atoms with Crippen LogP contribution in [0, 0.1) is 11.6 Å². The van der Waals surface area contributed by atoms with Crippen molar-refractivity contribution in [1.82, 2.24) is 4.98 Å². The summed E-state index contributed by atoms with van der Waals surface area (Å²) in [4.78, 5) is 16.8. The minimum absolute atomic E-state index is 0.0640. The minimum atomic E-state index is -2.73. The standard InChI is InChI=1S/C22H24F4N2O2/c1-21(2,3)30-20(29)28-19-15(16-12-14(23)4-5-17(16)24)8-11-27-18(19)13-6-9-22(25,26)10-7-13/h4-5,8,11-13H,6-7,9-10H2,1-3H3,(H,28,29). The molecule has 0 saturated heterocycles. The molecule has 1 aliphatic carbocycles. The van der Waals surface area contributed by atoms with Gasteiger partial charge in [0.25, 0.3) is 0 Å². The summed E-state index contributed by atoms with van der Waals surface area (Å²) >= 11 is 0. The third-order valence-corrected chi connectivity index (χ3v) is 4.93. The third-order valence-electron chi connectivity index (χ3n) is 4.93. The first-order valence-corrected chi connectivity index (χ1v) is 9.77. The van der Waals surface area contributed by atoms with E-state index in [1.807, 2.05) is 0 Å². The number of nitrogens with zero attached hydrogens (tertiary/aromatic N) is 1. The van der Waals surface area contributed by atoms with E-state index in [0.29, 0.717) is 5.69 Å². The molecule has 162 valence electrons. The molecule has 0 bridgehead atoms. The zero-order chi connectivity index (χ0) is 22.1. The van der Waals surface area contributed by atoms with Crippen LogP contribution in [0.2, 0.25) is 0 Å². The predicted octanol–water partition coefficient (Wildman–Crippen LogP) is 6.67. The summed E-state index contributed by atoms with van der Waals surface area (Å²) in [5, 5.41) is 2.60. The molecule has 4 nitrogen and oxygen atoms in total. The zero-order valence-corrected chi connectivity index (χ0v) is 17.1. The first kappa shape index (κ1) is 22.1. The first-order valence-electron chi connectivity index (χ1n) is 9.77. The van der Waals surface area contributed by atoms with Crippen molar-refractivity contribution < 1.29 is 27.1 Å². The molecular formula is C22H24F4N2O2. The Bertz CT molecular complexity index is 931. The van der Waals surface area contributed by atoms with Crippen molar-refractivity contribution in [2.24, 2.45) is 0 Å². The number of carbonyl (C=O) groups excluding carboxylic acids is 1. The quantitative estimate of drug-likeness (QED) is 0.560. The van der Waals surface area contributed by atoms with Gasteiger partial charge in [-0.2, -0.15) is 0 Å². The summed E-state index contributed by atoms with van der Waals surface area (Å²) in [5.74, 6) is -4.42. The topological polar surface area (TPSA) is 51.2 Å². The molecule has 1 heterocycles. The second-order valence-corrected chi connectivity index (χ2v) is 8.50. The van der Waals surface area contributed by atoms with E-state index < -0.39 is 29.3 Å². The zero-order valence-electron chi connectivity index (χ0n) is 17.1. The van der Waals surface area contributed by atoms with E-state index >= 15 is 0 Å². The molecule has 0 spiro atoms. The summed E-state index contributed by atoms with van der Waals surface area (Å²) in [6, 6.07) is 4.45. The number of nitrogens with one attached hydrogen (secondary N) is 1. The van der Waals surface area contributed by atoms with Gasteiger partial charge in [-0.3, -0.25) is 10.3 Å². The van der Waals surface area contributed by atoms with E-state index in [9.17, 15) is 22.4 Å². The van der Waals surface area contributed by atoms with E-state index in [2.05, 4.69) is 10.3 Å². The first-order chi connectivity index (χ1) is 14.0. The van der Waals surface area contributed by atoms with Gasteiger partial charge in [-0.1, -0.05) is 0 Å². The smallest absolute Gasteiger partial charge is 0.412 e. The Morgan fingerprint density at radius 3 is 2.43 bits per heavy atom. The third kappa shape index (κ3) is 5.29. The van der Waals surface area contributed by atoms with E-state index in [1.54, 1.807) is 20.8 Å². The SMILES string of the molecule is CC(C)(C)OC(=O)Nc1c(-c2cc(F)ccc2F)ccnc1C1CCC(F)(F)CC1. The van der Waals surface area contributed by atoms with Crippen LogP contribution >= 0.6 is 0 Å². The minimum Gasteiger partial charge on any atom is -0.444 e. The lowest BCUT2D eigenvalue weighted by molar-refractivity contribution is -0.0384. The molecule has 30 heavy (non-hydrogen) atoms. The summed E-state index contributed by atoms with van der Waals surface area (Å²) in [7, 11) is 0. The average Bonchev–Trinajstić information content (AvgIpc) is 2.63. The van der Waals surface area contributed by atoms with Gasteiger partial charge in [0.15, 0.2) is 0 Å². The van der Waals surface area contributed by atoms with Crippen LogP contribution in [0.4, 0.5) is 28.0 Å². The number of alkyl halides is 2. The Labute approximate surface area is 172 Å². The number of rotatable bonds is 3. The van der Waals surface area contributed by atoms with E-state index in [1.165, 1.54) is 12.3 Å². The number of pyridine rings is 1. The lowest BCUT2D eigenvalue weighted by atomic mass is 9.83. The highest BCUT2D eigenvalue weighted by Crippen LogP contribution is 2.44. The van der Waals surface area contributed by atoms with Gasteiger partial charge >= 0.3 is 6.09 Å². The van der Waals surface area contributed by atoms with Crippen LogP contribution in [0.3, 0.4) is 0 Å². The van der Waals surface area contributed by atoms with Gasteiger partial charge in [-0.15, -0.1) is 0 Å². The fraction of sp³-hybridized carbons (Fsp3) is 0.455. The molecule has 1 fully saturated rings. The van der Waals surface area contributed by atoms with Crippen molar-refractivity contribution in [3.8, 4) is 11.1 Å². The number of ether oxygens (including phenoxy) is 1. The number of hydrogen-bond donors (Lipinski definition) is 1. The summed E-state index contributed by atoms with van der Waals surface area (Å²) in [5.41, 5.74) is -0.140. The fourth-order valence-corrected chi connectivity index (χ4v) is 3.57. The van der Waals surface area contributed by atoms with Gasteiger partial charge in [-0.05, 0) is 57.9 Å². The predicted molar refractivity (Wildman–Crippen MR) is 106 cm³/mol. The van der Waals surface area contributed by atoms with Crippen LogP contribution in [0.25, 0.3) is 11.1 Å². The molecule has 0 atom stereocenters. The van der Waals surface area contributed by atoms with Crippen LogP contribution < -0.4 is 5.32 Å². The Hall–Kier alpha value is -2.64. The Kier molecular flexibility index (Phi) is 6.06. The highest BCUT2D eigenvalue weighted by Gasteiger charge is 2.37. The van der Waals surface area contributed by atoms with Gasteiger partial charge in [0.05, 0.1) is 11.4 Å². The van der Waals surface area contributed by atoms with Crippen LogP contribution in [0.15, 0.2) is 30.5 Å². The molecule has 0 radical (unpaired) electrons. The molecule has 1 aromatic carbocycles. The Morgan fingerprint density at radius 2 is 1.80 bits per heavy atom. The molecule has 2 aromatic rings. The van der Waals surface area contributed by atoms with E-state index in [4.69, 9.17) is 4.74 Å². The maximum Gasteiger partial charge on any atom is 0.412 e. The van der Waals surface area contributed by atoms with Crippen LogP contribution in [0.5, 0.6) is 0 Å². The number of anilines is 1. The molecule has 3 rings (SSSR count). The lowest BCUT2D eigenvalue weighted by Crippen LogP contribution is -2.29. The van der Waals surface area contributed by atoms with Gasteiger partial charge in [0.2, 0.25) is 5.92 Å². The molecule has 0 aliphatic heterocycles. The summed E-state index contributed by atoms with van der Waals surface area (Å²) in [6.45, 7) is 5.06. The maximum atomic E-state index is 14.5. The molecule has 1 aromatic heterocycles. The van der Waals surface area contributed by atoms with Crippen molar-refractivity contribution in [2.75, 3.05) is 5.32 Å². The van der Waals surface area contributed by atoms with Gasteiger partial charge < -0.3 is 4.74 Å². The van der Waals surface area contributed by atoms with Gasteiger partial charge in [0.1, 0.15) is 17.2 Å². The molecule has 8 heteroatoms. The van der Waals surface area contributed by atoms with E-state index in [0.717, 1.165) is 18.2 Å². The second kappa shape index (κ2) is 8.24.